The van der Waals surface area contributed by atoms with E-state index >= 15 is 0 Å². The second-order valence-electron chi connectivity index (χ2n) is 3.91. The molecule has 2 aromatic rings. The van der Waals surface area contributed by atoms with Crippen molar-refractivity contribution in [2.24, 2.45) is 0 Å². The molecule has 1 unspecified atom stereocenters. The Kier molecular flexibility index (Phi) is 2.95. The number of hydrogen-bond acceptors (Lipinski definition) is 3. The quantitative estimate of drug-likeness (QED) is 0.827. The van der Waals surface area contributed by atoms with Gasteiger partial charge in [0.15, 0.2) is 5.82 Å². The molecule has 0 aliphatic rings. The van der Waals surface area contributed by atoms with Gasteiger partial charge in [-0.3, -0.25) is 0 Å². The Bertz CT molecular complexity index is 642. The van der Waals surface area contributed by atoms with Crippen LogP contribution in [0.15, 0.2) is 6.20 Å². The van der Waals surface area contributed by atoms with Gasteiger partial charge in [0.25, 0.3) is 0 Å². The SMILES string of the molecule is Cc1ncc2c(F)c(C#N)c(C(C)C(F)F)n2n1. The molecule has 4 nitrogen and oxygen atoms in total. The molecule has 0 fully saturated rings. The third-order valence-electron chi connectivity index (χ3n) is 2.70. The number of nitriles is 1. The lowest BCUT2D eigenvalue weighted by molar-refractivity contribution is 0.118. The minimum atomic E-state index is -2.70. The van der Waals surface area contributed by atoms with Crippen molar-refractivity contribution in [3.05, 3.63) is 29.1 Å². The summed E-state index contributed by atoms with van der Waals surface area (Å²) in [4.78, 5) is 3.79. The van der Waals surface area contributed by atoms with Crippen LogP contribution in [-0.2, 0) is 0 Å². The molecule has 0 spiro atoms. The molecule has 0 N–H and O–H groups in total. The number of aromatic nitrogens is 3. The number of alkyl halides is 2. The Morgan fingerprint density at radius 2 is 2.11 bits per heavy atom. The molecule has 18 heavy (non-hydrogen) atoms. The topological polar surface area (TPSA) is 54.0 Å². The van der Waals surface area contributed by atoms with Gasteiger partial charge in [0.1, 0.15) is 23.0 Å². The minimum Gasteiger partial charge on any atom is -0.237 e. The number of aryl methyl sites for hydroxylation is 1. The van der Waals surface area contributed by atoms with E-state index in [-0.39, 0.29) is 11.2 Å². The predicted molar refractivity (Wildman–Crippen MR) is 56.8 cm³/mol. The predicted octanol–water partition coefficient (Wildman–Crippen LogP) is 2.42. The zero-order valence-electron chi connectivity index (χ0n) is 9.65. The maximum absolute atomic E-state index is 13.9. The van der Waals surface area contributed by atoms with E-state index in [1.54, 1.807) is 13.0 Å². The van der Waals surface area contributed by atoms with E-state index in [4.69, 9.17) is 5.26 Å². The summed E-state index contributed by atoms with van der Waals surface area (Å²) in [6.45, 7) is 2.78. The molecule has 1 atom stereocenters. The van der Waals surface area contributed by atoms with E-state index in [1.807, 2.05) is 0 Å². The van der Waals surface area contributed by atoms with Crippen LogP contribution in [0.25, 0.3) is 5.52 Å². The van der Waals surface area contributed by atoms with Crippen molar-refractivity contribution in [1.82, 2.24) is 14.6 Å². The smallest absolute Gasteiger partial charge is 0.237 e. The van der Waals surface area contributed by atoms with Crippen LogP contribution >= 0.6 is 0 Å². The van der Waals surface area contributed by atoms with Crippen molar-refractivity contribution < 1.29 is 13.2 Å². The van der Waals surface area contributed by atoms with Crippen LogP contribution in [0.1, 0.15) is 29.9 Å². The molecule has 2 heterocycles. The standard InChI is InChI=1S/C11H9F3N4/c1-5(11(13)14)10-7(3-15)9(12)8-4-16-6(2)17-18(8)10/h4-5,11H,1-2H3. The van der Waals surface area contributed by atoms with Gasteiger partial charge in [-0.15, -0.1) is 0 Å². The summed E-state index contributed by atoms with van der Waals surface area (Å²) in [5.41, 5.74) is -0.590. The number of nitrogens with zero attached hydrogens (tertiary/aromatic N) is 4. The fourth-order valence-corrected chi connectivity index (χ4v) is 1.76. The molecule has 0 radical (unpaired) electrons. The first kappa shape index (κ1) is 12.4. The average molecular weight is 254 g/mol. The Labute approximate surface area is 101 Å². The first-order valence-corrected chi connectivity index (χ1v) is 5.19. The molecule has 2 aromatic heterocycles. The highest BCUT2D eigenvalue weighted by atomic mass is 19.3. The number of fused-ring (bicyclic) bond motifs is 1. The molecule has 0 saturated carbocycles. The zero-order valence-corrected chi connectivity index (χ0v) is 9.65. The molecular weight excluding hydrogens is 245 g/mol. The lowest BCUT2D eigenvalue weighted by Crippen LogP contribution is -2.11. The fraction of sp³-hybridized carbons (Fsp3) is 0.364. The summed E-state index contributed by atoms with van der Waals surface area (Å²) in [5, 5.41) is 12.8. The number of hydrogen-bond donors (Lipinski definition) is 0. The van der Waals surface area contributed by atoms with Crippen molar-refractivity contribution in [1.29, 1.82) is 5.26 Å². The average Bonchev–Trinajstić information content (AvgIpc) is 2.60. The van der Waals surface area contributed by atoms with Gasteiger partial charge >= 0.3 is 0 Å². The Morgan fingerprint density at radius 1 is 1.44 bits per heavy atom. The summed E-state index contributed by atoms with van der Waals surface area (Å²) < 4.78 is 40.5. The minimum absolute atomic E-state index is 0.0698. The Hall–Kier alpha value is -2.10. The van der Waals surface area contributed by atoms with E-state index in [0.717, 1.165) is 4.52 Å². The summed E-state index contributed by atoms with van der Waals surface area (Å²) >= 11 is 0. The van der Waals surface area contributed by atoms with Crippen LogP contribution < -0.4 is 0 Å². The number of halogens is 3. The van der Waals surface area contributed by atoms with Gasteiger partial charge < -0.3 is 0 Å². The summed E-state index contributed by atoms with van der Waals surface area (Å²) in [6, 6.07) is 1.61. The maximum Gasteiger partial charge on any atom is 0.246 e. The molecule has 2 rings (SSSR count). The summed E-state index contributed by atoms with van der Waals surface area (Å²) in [6.07, 6.45) is -1.52. The van der Waals surface area contributed by atoms with Crippen LogP contribution in [0.5, 0.6) is 0 Å². The molecule has 7 heteroatoms. The van der Waals surface area contributed by atoms with Gasteiger partial charge in [0.2, 0.25) is 6.43 Å². The fourth-order valence-electron chi connectivity index (χ4n) is 1.76. The lowest BCUT2D eigenvalue weighted by atomic mass is 10.1. The van der Waals surface area contributed by atoms with Crippen molar-refractivity contribution in [3.8, 4) is 6.07 Å². The first-order chi connectivity index (χ1) is 8.47. The molecular formula is C11H9F3N4. The Morgan fingerprint density at radius 3 is 2.67 bits per heavy atom. The molecule has 94 valence electrons. The molecule has 0 saturated heterocycles. The zero-order chi connectivity index (χ0) is 13.4. The van der Waals surface area contributed by atoms with E-state index in [9.17, 15) is 13.2 Å². The summed E-state index contributed by atoms with van der Waals surface area (Å²) in [7, 11) is 0. The molecule has 0 aliphatic heterocycles. The van der Waals surface area contributed by atoms with Crippen LogP contribution in [0.4, 0.5) is 13.2 Å². The monoisotopic (exact) mass is 254 g/mol. The number of rotatable bonds is 2. The molecule has 0 aliphatic carbocycles. The third-order valence-corrected chi connectivity index (χ3v) is 2.70. The van der Waals surface area contributed by atoms with Crippen LogP contribution in [0.2, 0.25) is 0 Å². The third kappa shape index (κ3) is 1.70. The molecule has 0 bridgehead atoms. The van der Waals surface area contributed by atoms with Gasteiger partial charge in [-0.2, -0.15) is 10.4 Å². The molecule has 0 amide bonds. The highest BCUT2D eigenvalue weighted by molar-refractivity contribution is 5.57. The van der Waals surface area contributed by atoms with Gasteiger partial charge in [-0.25, -0.2) is 22.7 Å². The first-order valence-electron chi connectivity index (χ1n) is 5.19. The van der Waals surface area contributed by atoms with Crippen molar-refractivity contribution in [3.63, 3.8) is 0 Å². The van der Waals surface area contributed by atoms with Gasteiger partial charge in [-0.05, 0) is 6.92 Å². The maximum atomic E-state index is 13.9. The van der Waals surface area contributed by atoms with Crippen LogP contribution in [-0.4, -0.2) is 21.0 Å². The summed E-state index contributed by atoms with van der Waals surface area (Å²) in [5.74, 6) is -1.84. The van der Waals surface area contributed by atoms with Crippen LogP contribution in [0, 0.1) is 24.1 Å². The van der Waals surface area contributed by atoms with E-state index < -0.39 is 23.7 Å². The highest BCUT2D eigenvalue weighted by Gasteiger charge is 2.28. The highest BCUT2D eigenvalue weighted by Crippen LogP contribution is 2.30. The van der Waals surface area contributed by atoms with E-state index in [0.29, 0.717) is 5.82 Å². The normalized spacial score (nSPS) is 12.9. The van der Waals surface area contributed by atoms with Crippen LogP contribution in [0.3, 0.4) is 0 Å². The van der Waals surface area contributed by atoms with Gasteiger partial charge in [0, 0.05) is 0 Å². The van der Waals surface area contributed by atoms with E-state index in [2.05, 4.69) is 10.1 Å². The van der Waals surface area contributed by atoms with Crippen molar-refractivity contribution in [2.75, 3.05) is 0 Å². The largest absolute Gasteiger partial charge is 0.246 e. The lowest BCUT2D eigenvalue weighted by Gasteiger charge is -2.10. The van der Waals surface area contributed by atoms with Crippen molar-refractivity contribution >= 4 is 5.52 Å². The Balaban J connectivity index is 2.85. The van der Waals surface area contributed by atoms with Crippen molar-refractivity contribution in [2.45, 2.75) is 26.2 Å². The second-order valence-corrected chi connectivity index (χ2v) is 3.91. The molecule has 0 aromatic carbocycles. The van der Waals surface area contributed by atoms with Gasteiger partial charge in [0.05, 0.1) is 17.8 Å². The van der Waals surface area contributed by atoms with Gasteiger partial charge in [-0.1, -0.05) is 6.92 Å². The van der Waals surface area contributed by atoms with E-state index in [1.165, 1.54) is 13.1 Å². The second kappa shape index (κ2) is 4.29.